The highest BCUT2D eigenvalue weighted by Gasteiger charge is 2.16. The normalized spacial score (nSPS) is 10.8. The van der Waals surface area contributed by atoms with Crippen LogP contribution in [0.3, 0.4) is 0 Å². The van der Waals surface area contributed by atoms with E-state index < -0.39 is 40.3 Å². The number of nitrogens with one attached hydrogen (secondary N) is 2. The summed E-state index contributed by atoms with van der Waals surface area (Å²) < 4.78 is 55.0. The van der Waals surface area contributed by atoms with Gasteiger partial charge in [0.05, 0.1) is 30.2 Å². The van der Waals surface area contributed by atoms with Crippen molar-refractivity contribution < 1.29 is 41.4 Å². The van der Waals surface area contributed by atoms with Crippen LogP contribution in [-0.4, -0.2) is 47.1 Å². The largest absolute Gasteiger partial charge is 0.484 e. The second-order valence-electron chi connectivity index (χ2n) is 7.20. The van der Waals surface area contributed by atoms with E-state index in [1.165, 1.54) is 68.8 Å². The molecule has 2 N–H and O–H groups in total. The molecule has 188 valence electrons. The fourth-order valence-corrected chi connectivity index (χ4v) is 4.02. The number of anilines is 2. The standard InChI is InChI=1S/C24H21FN2O8S/c1-33-23(29)15-11-16(24(30)34-2)13-19(12-15)26-22(28)14-35-20-7-9-21(10-8-20)36(31,32)27-18-5-3-17(25)4-6-18/h3-13,27H,14H2,1-2H3,(H,26,28). The summed E-state index contributed by atoms with van der Waals surface area (Å²) in [7, 11) is -1.57. The van der Waals surface area contributed by atoms with Crippen molar-refractivity contribution >= 4 is 39.2 Å². The van der Waals surface area contributed by atoms with Crippen LogP contribution in [0.5, 0.6) is 5.75 Å². The number of carbonyl (C=O) groups is 3. The van der Waals surface area contributed by atoms with Crippen molar-refractivity contribution in [3.05, 3.63) is 83.7 Å². The number of rotatable bonds is 9. The molecule has 0 bridgehead atoms. The summed E-state index contributed by atoms with van der Waals surface area (Å²) in [5.41, 5.74) is 0.394. The molecule has 0 saturated carbocycles. The van der Waals surface area contributed by atoms with Gasteiger partial charge >= 0.3 is 11.9 Å². The van der Waals surface area contributed by atoms with E-state index in [-0.39, 0.29) is 33.1 Å². The number of halogens is 1. The third-order valence-electron chi connectivity index (χ3n) is 4.66. The van der Waals surface area contributed by atoms with Crippen LogP contribution in [0, 0.1) is 5.82 Å². The van der Waals surface area contributed by atoms with Crippen LogP contribution in [0.25, 0.3) is 0 Å². The van der Waals surface area contributed by atoms with E-state index in [0.29, 0.717) is 0 Å². The molecule has 1 amide bonds. The highest BCUT2D eigenvalue weighted by atomic mass is 32.2. The van der Waals surface area contributed by atoms with Gasteiger partial charge in [-0.2, -0.15) is 0 Å². The SMILES string of the molecule is COC(=O)c1cc(NC(=O)COc2ccc(S(=O)(=O)Nc3ccc(F)cc3)cc2)cc(C(=O)OC)c1. The summed E-state index contributed by atoms with van der Waals surface area (Å²) >= 11 is 0. The lowest BCUT2D eigenvalue weighted by Gasteiger charge is -2.11. The van der Waals surface area contributed by atoms with Gasteiger partial charge in [0.1, 0.15) is 11.6 Å². The molecule has 36 heavy (non-hydrogen) atoms. The maximum atomic E-state index is 13.0. The van der Waals surface area contributed by atoms with E-state index in [1.807, 2.05) is 0 Å². The third-order valence-corrected chi connectivity index (χ3v) is 6.06. The van der Waals surface area contributed by atoms with Crippen LogP contribution in [0.4, 0.5) is 15.8 Å². The molecule has 0 aliphatic carbocycles. The van der Waals surface area contributed by atoms with E-state index in [9.17, 15) is 27.2 Å². The number of ether oxygens (including phenoxy) is 3. The Hall–Kier alpha value is -4.45. The molecule has 3 rings (SSSR count). The molecule has 3 aromatic rings. The highest BCUT2D eigenvalue weighted by molar-refractivity contribution is 7.92. The Balaban J connectivity index is 1.63. The molecule has 0 radical (unpaired) electrons. The average Bonchev–Trinajstić information content (AvgIpc) is 2.87. The summed E-state index contributed by atoms with van der Waals surface area (Å²) in [6, 6.07) is 14.0. The van der Waals surface area contributed by atoms with E-state index >= 15 is 0 Å². The van der Waals surface area contributed by atoms with Gasteiger partial charge in [-0.1, -0.05) is 0 Å². The Bertz CT molecular complexity index is 1340. The van der Waals surface area contributed by atoms with Gasteiger partial charge in [0.2, 0.25) is 0 Å². The summed E-state index contributed by atoms with van der Waals surface area (Å²) in [6.07, 6.45) is 0. The lowest BCUT2D eigenvalue weighted by atomic mass is 10.1. The van der Waals surface area contributed by atoms with Crippen molar-refractivity contribution in [1.82, 2.24) is 0 Å². The fraction of sp³-hybridized carbons (Fsp3) is 0.125. The van der Waals surface area contributed by atoms with Crippen LogP contribution >= 0.6 is 0 Å². The molecule has 0 heterocycles. The zero-order chi connectivity index (χ0) is 26.3. The van der Waals surface area contributed by atoms with E-state index in [1.54, 1.807) is 0 Å². The minimum Gasteiger partial charge on any atom is -0.484 e. The molecule has 0 aromatic heterocycles. The predicted molar refractivity (Wildman–Crippen MR) is 127 cm³/mol. The van der Waals surface area contributed by atoms with Gasteiger partial charge < -0.3 is 19.5 Å². The first-order valence-corrected chi connectivity index (χ1v) is 11.7. The highest BCUT2D eigenvalue weighted by Crippen LogP contribution is 2.20. The summed E-state index contributed by atoms with van der Waals surface area (Å²) in [5, 5.41) is 2.51. The van der Waals surface area contributed by atoms with Gasteiger partial charge in [-0.3, -0.25) is 9.52 Å². The van der Waals surface area contributed by atoms with Crippen molar-refractivity contribution in [2.75, 3.05) is 30.9 Å². The summed E-state index contributed by atoms with van der Waals surface area (Å²) in [6.45, 7) is -0.448. The molecule has 0 spiro atoms. The van der Waals surface area contributed by atoms with Crippen molar-refractivity contribution in [2.45, 2.75) is 4.90 Å². The molecule has 0 atom stereocenters. The minimum absolute atomic E-state index is 0.0302. The van der Waals surface area contributed by atoms with E-state index in [4.69, 9.17) is 4.74 Å². The first-order valence-electron chi connectivity index (χ1n) is 10.2. The Morgan fingerprint density at radius 1 is 0.806 bits per heavy atom. The summed E-state index contributed by atoms with van der Waals surface area (Å²) in [4.78, 5) is 36.0. The van der Waals surface area contributed by atoms with Crippen molar-refractivity contribution in [3.8, 4) is 5.75 Å². The number of hydrogen-bond donors (Lipinski definition) is 2. The Kier molecular flexibility index (Phi) is 8.22. The molecule has 0 unspecified atom stereocenters. The maximum Gasteiger partial charge on any atom is 0.337 e. The first-order chi connectivity index (χ1) is 17.1. The third kappa shape index (κ3) is 6.79. The zero-order valence-electron chi connectivity index (χ0n) is 19.1. The molecular weight excluding hydrogens is 495 g/mol. The topological polar surface area (TPSA) is 137 Å². The fourth-order valence-electron chi connectivity index (χ4n) is 2.96. The van der Waals surface area contributed by atoms with Gasteiger partial charge in [0, 0.05) is 11.4 Å². The number of amides is 1. The van der Waals surface area contributed by atoms with Crippen LogP contribution in [0.15, 0.2) is 71.6 Å². The van der Waals surface area contributed by atoms with Crippen LogP contribution < -0.4 is 14.8 Å². The van der Waals surface area contributed by atoms with Crippen molar-refractivity contribution in [3.63, 3.8) is 0 Å². The molecule has 0 aliphatic heterocycles. The molecular formula is C24H21FN2O8S. The molecule has 12 heteroatoms. The zero-order valence-corrected chi connectivity index (χ0v) is 19.9. The van der Waals surface area contributed by atoms with Gasteiger partial charge in [-0.25, -0.2) is 22.4 Å². The molecule has 0 saturated heterocycles. The molecule has 10 nitrogen and oxygen atoms in total. The Morgan fingerprint density at radius 3 is 1.89 bits per heavy atom. The smallest absolute Gasteiger partial charge is 0.337 e. The number of carbonyl (C=O) groups excluding carboxylic acids is 3. The van der Waals surface area contributed by atoms with Crippen molar-refractivity contribution in [1.29, 1.82) is 0 Å². The molecule has 0 aliphatic rings. The predicted octanol–water partition coefficient (Wildman–Crippen LogP) is 3.22. The number of esters is 2. The molecule has 0 fully saturated rings. The van der Waals surface area contributed by atoms with Gasteiger partial charge in [0.15, 0.2) is 6.61 Å². The average molecular weight is 517 g/mol. The van der Waals surface area contributed by atoms with Crippen LogP contribution in [-0.2, 0) is 24.3 Å². The number of hydrogen-bond acceptors (Lipinski definition) is 8. The quantitative estimate of drug-likeness (QED) is 0.414. The summed E-state index contributed by atoms with van der Waals surface area (Å²) in [5.74, 6) is -2.32. The number of benzene rings is 3. The number of methoxy groups -OCH3 is 2. The van der Waals surface area contributed by atoms with Gasteiger partial charge in [-0.15, -0.1) is 0 Å². The monoisotopic (exact) mass is 516 g/mol. The lowest BCUT2D eigenvalue weighted by molar-refractivity contribution is -0.118. The first kappa shape index (κ1) is 26.2. The van der Waals surface area contributed by atoms with Gasteiger partial charge in [0.25, 0.3) is 15.9 Å². The lowest BCUT2D eigenvalue weighted by Crippen LogP contribution is -2.21. The maximum absolute atomic E-state index is 13.0. The Morgan fingerprint density at radius 2 is 1.36 bits per heavy atom. The second-order valence-corrected chi connectivity index (χ2v) is 8.89. The van der Waals surface area contributed by atoms with Gasteiger partial charge in [-0.05, 0) is 66.7 Å². The minimum atomic E-state index is -3.92. The Labute approximate surface area is 206 Å². The van der Waals surface area contributed by atoms with Crippen LogP contribution in [0.2, 0.25) is 0 Å². The number of sulfonamides is 1. The van der Waals surface area contributed by atoms with E-state index in [0.717, 1.165) is 12.1 Å². The second kappa shape index (κ2) is 11.3. The van der Waals surface area contributed by atoms with Crippen molar-refractivity contribution in [2.24, 2.45) is 0 Å². The van der Waals surface area contributed by atoms with E-state index in [2.05, 4.69) is 19.5 Å². The van der Waals surface area contributed by atoms with Crippen LogP contribution in [0.1, 0.15) is 20.7 Å². The molecule has 3 aromatic carbocycles.